The Hall–Kier alpha value is -2.54. The first kappa shape index (κ1) is 21.2. The lowest BCUT2D eigenvalue weighted by Crippen LogP contribution is -2.48. The number of hydrogen-bond acceptors (Lipinski definition) is 6. The van der Waals surface area contributed by atoms with Crippen molar-refractivity contribution >= 4 is 17.8 Å². The number of amides is 1. The summed E-state index contributed by atoms with van der Waals surface area (Å²) >= 11 is 0. The Morgan fingerprint density at radius 1 is 1.14 bits per heavy atom. The molecule has 0 aliphatic carbocycles. The van der Waals surface area contributed by atoms with Crippen LogP contribution in [0.15, 0.2) is 18.3 Å². The predicted molar refractivity (Wildman–Crippen MR) is 112 cm³/mol. The van der Waals surface area contributed by atoms with Gasteiger partial charge in [0.05, 0.1) is 19.8 Å². The van der Waals surface area contributed by atoms with Gasteiger partial charge >= 0.3 is 0 Å². The lowest BCUT2D eigenvalue weighted by molar-refractivity contribution is -0.126. The van der Waals surface area contributed by atoms with Crippen LogP contribution in [0.3, 0.4) is 0 Å². The molecule has 0 bridgehead atoms. The Morgan fingerprint density at radius 2 is 1.76 bits per heavy atom. The van der Waals surface area contributed by atoms with Crippen molar-refractivity contribution in [3.05, 3.63) is 29.5 Å². The van der Waals surface area contributed by atoms with Gasteiger partial charge in [0.15, 0.2) is 11.5 Å². The van der Waals surface area contributed by atoms with Gasteiger partial charge < -0.3 is 29.0 Å². The quantitative estimate of drug-likeness (QED) is 0.680. The van der Waals surface area contributed by atoms with E-state index in [0.29, 0.717) is 42.6 Å². The summed E-state index contributed by atoms with van der Waals surface area (Å²) in [5.41, 5.74) is 2.12. The van der Waals surface area contributed by atoms with E-state index in [1.807, 2.05) is 28.1 Å². The molecule has 0 aromatic heterocycles. The molecule has 1 aromatic carbocycles. The van der Waals surface area contributed by atoms with Crippen molar-refractivity contribution in [1.82, 2.24) is 14.7 Å². The van der Waals surface area contributed by atoms with E-state index in [0.717, 1.165) is 30.5 Å². The molecule has 2 aliphatic rings. The lowest BCUT2D eigenvalue weighted by atomic mass is 9.89. The maximum Gasteiger partial charge on any atom is 0.256 e. The van der Waals surface area contributed by atoms with Crippen LogP contribution >= 0.6 is 0 Å². The Kier molecular flexibility index (Phi) is 6.47. The maximum absolute atomic E-state index is 13.5. The SMILES string of the molecule is COc1cc2c(cc1OC)C(C=O)N(CC(C)C)C=C2C(=O)N1CCN(C)CC1. The highest BCUT2D eigenvalue weighted by molar-refractivity contribution is 6.20. The van der Waals surface area contributed by atoms with Crippen LogP contribution in [0.2, 0.25) is 0 Å². The first-order valence-electron chi connectivity index (χ1n) is 10.1. The molecule has 0 spiro atoms. The minimum absolute atomic E-state index is 0.00956. The van der Waals surface area contributed by atoms with Crippen LogP contribution in [0.1, 0.15) is 31.0 Å². The molecule has 1 saturated heterocycles. The molecule has 7 heteroatoms. The number of carbonyl (C=O) groups excluding carboxylic acids is 2. The Bertz CT molecular complexity index is 797. The molecular weight excluding hydrogens is 370 g/mol. The summed E-state index contributed by atoms with van der Waals surface area (Å²) < 4.78 is 10.9. The van der Waals surface area contributed by atoms with Crippen LogP contribution in [-0.4, -0.2) is 80.9 Å². The van der Waals surface area contributed by atoms with E-state index in [1.54, 1.807) is 14.2 Å². The predicted octanol–water partition coefficient (Wildman–Crippen LogP) is 2.03. The number of benzene rings is 1. The van der Waals surface area contributed by atoms with Crippen molar-refractivity contribution in [2.45, 2.75) is 19.9 Å². The minimum atomic E-state index is -0.462. The van der Waals surface area contributed by atoms with Crippen molar-refractivity contribution < 1.29 is 19.1 Å². The van der Waals surface area contributed by atoms with Gasteiger partial charge in [0, 0.05) is 38.9 Å². The number of methoxy groups -OCH3 is 2. The van der Waals surface area contributed by atoms with E-state index in [-0.39, 0.29) is 5.91 Å². The van der Waals surface area contributed by atoms with E-state index in [2.05, 4.69) is 25.8 Å². The van der Waals surface area contributed by atoms with Crippen molar-refractivity contribution in [2.75, 3.05) is 54.0 Å². The van der Waals surface area contributed by atoms with Crippen molar-refractivity contribution in [1.29, 1.82) is 0 Å². The normalized spacial score (nSPS) is 19.7. The number of ether oxygens (including phenoxy) is 2. The van der Waals surface area contributed by atoms with Crippen LogP contribution in [0.4, 0.5) is 0 Å². The monoisotopic (exact) mass is 401 g/mol. The molecule has 7 nitrogen and oxygen atoms in total. The summed E-state index contributed by atoms with van der Waals surface area (Å²) in [4.78, 5) is 31.6. The van der Waals surface area contributed by atoms with Crippen LogP contribution in [0.25, 0.3) is 5.57 Å². The molecule has 158 valence electrons. The standard InChI is InChI=1S/C22H31N3O4/c1-15(2)12-25-13-18(22(27)24-8-6-23(3)7-9-24)16-10-20(28-4)21(29-5)11-17(16)19(25)14-26/h10-11,13-15,19H,6-9,12H2,1-5H3. The van der Waals surface area contributed by atoms with Crippen LogP contribution in [0, 0.1) is 5.92 Å². The van der Waals surface area contributed by atoms with Gasteiger partial charge in [0.2, 0.25) is 0 Å². The number of aldehydes is 1. The molecular formula is C22H31N3O4. The maximum atomic E-state index is 13.5. The number of rotatable bonds is 6. The number of hydrogen-bond donors (Lipinski definition) is 0. The topological polar surface area (TPSA) is 62.3 Å². The zero-order valence-corrected chi connectivity index (χ0v) is 18.0. The molecule has 3 rings (SSSR count). The van der Waals surface area contributed by atoms with Gasteiger partial charge in [0.25, 0.3) is 5.91 Å². The second kappa shape index (κ2) is 8.86. The summed E-state index contributed by atoms with van der Waals surface area (Å²) in [5, 5.41) is 0. The number of piperazine rings is 1. The number of nitrogens with zero attached hydrogens (tertiary/aromatic N) is 3. The molecule has 1 atom stereocenters. The molecule has 2 heterocycles. The highest BCUT2D eigenvalue weighted by Crippen LogP contribution is 2.41. The van der Waals surface area contributed by atoms with Crippen LogP contribution < -0.4 is 9.47 Å². The Balaban J connectivity index is 2.08. The van der Waals surface area contributed by atoms with Gasteiger partial charge in [-0.2, -0.15) is 0 Å². The molecule has 1 unspecified atom stereocenters. The largest absolute Gasteiger partial charge is 0.493 e. The van der Waals surface area contributed by atoms with E-state index in [1.165, 1.54) is 0 Å². The lowest BCUT2D eigenvalue weighted by Gasteiger charge is -2.38. The first-order chi connectivity index (χ1) is 13.9. The summed E-state index contributed by atoms with van der Waals surface area (Å²) in [5.74, 6) is 1.43. The molecule has 1 aromatic rings. The second-order valence-electron chi connectivity index (χ2n) is 8.10. The average molecular weight is 402 g/mol. The molecule has 0 saturated carbocycles. The summed E-state index contributed by atoms with van der Waals surface area (Å²) in [7, 11) is 5.20. The van der Waals surface area contributed by atoms with Gasteiger partial charge in [-0.25, -0.2) is 0 Å². The average Bonchev–Trinajstić information content (AvgIpc) is 2.71. The first-order valence-corrected chi connectivity index (χ1v) is 10.1. The fourth-order valence-electron chi connectivity index (χ4n) is 3.96. The zero-order chi connectivity index (χ0) is 21.1. The van der Waals surface area contributed by atoms with Crippen LogP contribution in [-0.2, 0) is 9.59 Å². The minimum Gasteiger partial charge on any atom is -0.493 e. The van der Waals surface area contributed by atoms with Crippen LogP contribution in [0.5, 0.6) is 11.5 Å². The number of fused-ring (bicyclic) bond motifs is 1. The molecule has 1 fully saturated rings. The van der Waals surface area contributed by atoms with E-state index in [9.17, 15) is 9.59 Å². The van der Waals surface area contributed by atoms with Crippen molar-refractivity contribution in [3.8, 4) is 11.5 Å². The van der Waals surface area contributed by atoms with Gasteiger partial charge in [-0.1, -0.05) is 13.8 Å². The van der Waals surface area contributed by atoms with Gasteiger partial charge in [-0.05, 0) is 36.2 Å². The fraction of sp³-hybridized carbons (Fsp3) is 0.545. The zero-order valence-electron chi connectivity index (χ0n) is 18.0. The Morgan fingerprint density at radius 3 is 2.31 bits per heavy atom. The number of likely N-dealkylation sites (N-methyl/N-ethyl adjacent to an activating group) is 1. The van der Waals surface area contributed by atoms with Gasteiger partial charge in [0.1, 0.15) is 12.3 Å². The number of carbonyl (C=O) groups is 2. The van der Waals surface area contributed by atoms with E-state index < -0.39 is 6.04 Å². The van der Waals surface area contributed by atoms with E-state index in [4.69, 9.17) is 9.47 Å². The van der Waals surface area contributed by atoms with Gasteiger partial charge in [-0.3, -0.25) is 4.79 Å². The van der Waals surface area contributed by atoms with Crippen molar-refractivity contribution in [2.24, 2.45) is 5.92 Å². The summed E-state index contributed by atoms with van der Waals surface area (Å²) in [6, 6.07) is 3.18. The molecule has 0 N–H and O–H groups in total. The third-order valence-corrected chi connectivity index (χ3v) is 5.54. The fourth-order valence-corrected chi connectivity index (χ4v) is 3.96. The third-order valence-electron chi connectivity index (χ3n) is 5.54. The molecule has 0 radical (unpaired) electrons. The Labute approximate surface area is 172 Å². The highest BCUT2D eigenvalue weighted by Gasteiger charge is 2.34. The van der Waals surface area contributed by atoms with Crippen molar-refractivity contribution in [3.63, 3.8) is 0 Å². The smallest absolute Gasteiger partial charge is 0.256 e. The van der Waals surface area contributed by atoms with E-state index >= 15 is 0 Å². The highest BCUT2D eigenvalue weighted by atomic mass is 16.5. The molecule has 2 aliphatic heterocycles. The molecule has 29 heavy (non-hydrogen) atoms. The summed E-state index contributed by atoms with van der Waals surface area (Å²) in [6.07, 6.45) is 2.79. The third kappa shape index (κ3) is 4.24. The second-order valence-corrected chi connectivity index (χ2v) is 8.10. The summed E-state index contributed by atoms with van der Waals surface area (Å²) in [6.45, 7) is 7.96. The van der Waals surface area contributed by atoms with Gasteiger partial charge in [-0.15, -0.1) is 0 Å². The molecule has 1 amide bonds.